The summed E-state index contributed by atoms with van der Waals surface area (Å²) in [6, 6.07) is 97.0. The summed E-state index contributed by atoms with van der Waals surface area (Å²) in [6.45, 7) is 0. The fourth-order valence-corrected chi connectivity index (χ4v) is 11.6. The van der Waals surface area contributed by atoms with E-state index in [0.717, 1.165) is 55.8 Å². The fraction of sp³-hybridized carbons (Fsp3) is 0.0149. The van der Waals surface area contributed by atoms with Crippen LogP contribution in [0.4, 0.5) is 34.1 Å². The summed E-state index contributed by atoms with van der Waals surface area (Å²) in [7, 11) is 0. The topological polar surface area (TPSA) is 19.6 Å². The van der Waals surface area contributed by atoms with Crippen LogP contribution in [0.25, 0.3) is 66.4 Å². The normalized spacial score (nSPS) is 12.9. The summed E-state index contributed by atoms with van der Waals surface area (Å²) in [4.78, 5) is 4.77. The zero-order valence-electron chi connectivity index (χ0n) is 38.2. The number of fused-ring (bicyclic) bond motifs is 12. The molecular weight excluding hydrogens is 849 g/mol. The van der Waals surface area contributed by atoms with Gasteiger partial charge >= 0.3 is 0 Å². The van der Waals surface area contributed by atoms with E-state index < -0.39 is 5.41 Å². The van der Waals surface area contributed by atoms with Crippen LogP contribution in [0.5, 0.6) is 0 Å². The maximum atomic E-state index is 7.32. The molecule has 1 aliphatic heterocycles. The molecule has 70 heavy (non-hydrogen) atoms. The van der Waals surface area contributed by atoms with E-state index in [2.05, 4.69) is 277 Å². The average molecular weight is 893 g/mol. The Bertz CT molecular complexity index is 3800. The molecule has 11 aromatic carbocycles. The van der Waals surface area contributed by atoms with Gasteiger partial charge in [0.1, 0.15) is 5.58 Å². The summed E-state index contributed by atoms with van der Waals surface area (Å²) < 4.78 is 7.32. The van der Waals surface area contributed by atoms with Crippen molar-refractivity contribution in [3.8, 4) is 44.5 Å². The molecule has 3 heteroatoms. The summed E-state index contributed by atoms with van der Waals surface area (Å²) in [5.74, 6) is 0. The van der Waals surface area contributed by atoms with Crippen LogP contribution in [-0.4, -0.2) is 0 Å². The van der Waals surface area contributed by atoms with E-state index in [1.54, 1.807) is 0 Å². The van der Waals surface area contributed by atoms with Gasteiger partial charge in [0.2, 0.25) is 0 Å². The number of benzene rings is 11. The van der Waals surface area contributed by atoms with E-state index >= 15 is 0 Å². The molecule has 0 atom stereocenters. The molecule has 1 aromatic heterocycles. The Morgan fingerprint density at radius 1 is 0.314 bits per heavy atom. The van der Waals surface area contributed by atoms with E-state index in [1.165, 1.54) is 67.0 Å². The minimum absolute atomic E-state index is 0.567. The number of rotatable bonds is 7. The summed E-state index contributed by atoms with van der Waals surface area (Å²) in [6.07, 6.45) is 0. The van der Waals surface area contributed by atoms with Crippen LogP contribution >= 0.6 is 0 Å². The van der Waals surface area contributed by atoms with Crippen molar-refractivity contribution in [1.82, 2.24) is 0 Å². The summed E-state index contributed by atoms with van der Waals surface area (Å²) in [5.41, 5.74) is 22.2. The van der Waals surface area contributed by atoms with E-state index in [1.807, 2.05) is 0 Å². The lowest BCUT2D eigenvalue weighted by molar-refractivity contribution is 0.670. The predicted molar refractivity (Wildman–Crippen MR) is 290 cm³/mol. The molecule has 0 radical (unpaired) electrons. The smallest absolute Gasteiger partial charge is 0.159 e. The molecule has 2 heterocycles. The number of hydrogen-bond donors (Lipinski definition) is 0. The Kier molecular flexibility index (Phi) is 9.11. The van der Waals surface area contributed by atoms with E-state index in [9.17, 15) is 0 Å². The largest absolute Gasteiger partial charge is 0.453 e. The zero-order chi connectivity index (χ0) is 46.2. The second-order valence-electron chi connectivity index (χ2n) is 18.4. The monoisotopic (exact) mass is 892 g/mol. The first-order valence-corrected chi connectivity index (χ1v) is 24.1. The fourth-order valence-electron chi connectivity index (χ4n) is 11.6. The van der Waals surface area contributed by atoms with Crippen LogP contribution in [0.1, 0.15) is 22.3 Å². The first-order chi connectivity index (χ1) is 34.7. The van der Waals surface area contributed by atoms with Crippen LogP contribution in [0.2, 0.25) is 0 Å². The van der Waals surface area contributed by atoms with Crippen molar-refractivity contribution < 1.29 is 4.42 Å². The molecule has 0 N–H and O–H groups in total. The first-order valence-electron chi connectivity index (χ1n) is 24.1. The highest BCUT2D eigenvalue weighted by Crippen LogP contribution is 2.64. The highest BCUT2D eigenvalue weighted by Gasteiger charge is 2.51. The summed E-state index contributed by atoms with van der Waals surface area (Å²) in [5, 5.41) is 2.15. The summed E-state index contributed by atoms with van der Waals surface area (Å²) >= 11 is 0. The lowest BCUT2D eigenvalue weighted by Crippen LogP contribution is -2.36. The van der Waals surface area contributed by atoms with Gasteiger partial charge in [-0.15, -0.1) is 0 Å². The minimum Gasteiger partial charge on any atom is -0.453 e. The molecule has 14 rings (SSSR count). The van der Waals surface area contributed by atoms with Crippen molar-refractivity contribution in [2.24, 2.45) is 0 Å². The van der Waals surface area contributed by atoms with Crippen molar-refractivity contribution in [2.75, 3.05) is 9.80 Å². The Morgan fingerprint density at radius 2 is 0.771 bits per heavy atom. The number of anilines is 6. The first kappa shape index (κ1) is 39.9. The maximum Gasteiger partial charge on any atom is 0.159 e. The van der Waals surface area contributed by atoms with Crippen molar-refractivity contribution in [2.45, 2.75) is 5.41 Å². The second kappa shape index (κ2) is 16.0. The third-order valence-electron chi connectivity index (χ3n) is 14.7. The van der Waals surface area contributed by atoms with Gasteiger partial charge in [0.05, 0.1) is 22.5 Å². The quantitative estimate of drug-likeness (QED) is 0.159. The molecule has 0 saturated heterocycles. The Labute approximate surface area is 407 Å². The lowest BCUT2D eigenvalue weighted by Gasteiger charge is -2.45. The number of hydrogen-bond acceptors (Lipinski definition) is 3. The molecule has 0 saturated carbocycles. The van der Waals surface area contributed by atoms with Gasteiger partial charge < -0.3 is 14.2 Å². The van der Waals surface area contributed by atoms with Crippen molar-refractivity contribution in [1.29, 1.82) is 0 Å². The van der Waals surface area contributed by atoms with Gasteiger partial charge in [-0.1, -0.05) is 206 Å². The van der Waals surface area contributed by atoms with Crippen molar-refractivity contribution in [3.05, 3.63) is 289 Å². The Hall–Kier alpha value is -9.18. The molecule has 2 aliphatic rings. The molecule has 0 fully saturated rings. The molecule has 1 aliphatic carbocycles. The Balaban J connectivity index is 0.952. The van der Waals surface area contributed by atoms with Gasteiger partial charge in [-0.25, -0.2) is 0 Å². The third-order valence-corrected chi connectivity index (χ3v) is 14.7. The molecule has 328 valence electrons. The molecule has 0 bridgehead atoms. The van der Waals surface area contributed by atoms with Gasteiger partial charge in [-0.2, -0.15) is 0 Å². The standard InChI is InChI=1S/C67H44N2O/c1-4-18-45(19-5-1)47-34-39-51(40-35-47)68(52-41-36-48(37-42-52)46-20-6-2-7-21-46)64-33-17-27-57-56-26-16-25-53(65(56)70-66(57)64)49-38-43-55-54-24-10-11-28-58(54)67(61(55)44-49)59-29-12-14-31-62(59)69(50-22-8-3-9-23-50)63-32-15-13-30-60(63)67/h1-44H. The molecule has 0 unspecified atom stereocenters. The van der Waals surface area contributed by atoms with Crippen LogP contribution in [0.15, 0.2) is 271 Å². The highest BCUT2D eigenvalue weighted by atomic mass is 16.3. The molecule has 1 spiro atoms. The van der Waals surface area contributed by atoms with Crippen molar-refractivity contribution >= 4 is 56.1 Å². The third kappa shape index (κ3) is 6.01. The van der Waals surface area contributed by atoms with Crippen LogP contribution in [-0.2, 0) is 5.41 Å². The molecular formula is C67H44N2O. The van der Waals surface area contributed by atoms with Crippen LogP contribution < -0.4 is 9.80 Å². The zero-order valence-corrected chi connectivity index (χ0v) is 38.2. The highest BCUT2D eigenvalue weighted by molar-refractivity contribution is 6.14. The average Bonchev–Trinajstić information content (AvgIpc) is 3.97. The van der Waals surface area contributed by atoms with Gasteiger partial charge in [0.25, 0.3) is 0 Å². The van der Waals surface area contributed by atoms with E-state index in [4.69, 9.17) is 4.42 Å². The number of nitrogens with zero attached hydrogens (tertiary/aromatic N) is 2. The van der Waals surface area contributed by atoms with Gasteiger partial charge in [0, 0.05) is 33.4 Å². The van der Waals surface area contributed by atoms with Crippen LogP contribution in [0.3, 0.4) is 0 Å². The van der Waals surface area contributed by atoms with Gasteiger partial charge in [-0.3, -0.25) is 0 Å². The lowest BCUT2D eigenvalue weighted by atomic mass is 9.64. The van der Waals surface area contributed by atoms with Gasteiger partial charge in [-0.05, 0) is 122 Å². The molecule has 12 aromatic rings. The molecule has 0 amide bonds. The van der Waals surface area contributed by atoms with Crippen LogP contribution in [0, 0.1) is 0 Å². The Morgan fingerprint density at radius 3 is 1.39 bits per heavy atom. The second-order valence-corrected chi connectivity index (χ2v) is 18.4. The van der Waals surface area contributed by atoms with E-state index in [-0.39, 0.29) is 0 Å². The number of furan rings is 1. The molecule has 3 nitrogen and oxygen atoms in total. The van der Waals surface area contributed by atoms with Crippen molar-refractivity contribution in [3.63, 3.8) is 0 Å². The minimum atomic E-state index is -0.567. The van der Waals surface area contributed by atoms with E-state index in [0.29, 0.717) is 0 Å². The van der Waals surface area contributed by atoms with Gasteiger partial charge in [0.15, 0.2) is 5.58 Å². The predicted octanol–water partition coefficient (Wildman–Crippen LogP) is 18.2. The maximum absolute atomic E-state index is 7.32. The number of para-hydroxylation sites is 5. The SMILES string of the molecule is c1ccc(-c2ccc(N(c3ccc(-c4ccccc4)cc3)c3cccc4c3oc3c(-c5ccc6c(c5)C5(c7ccccc7-6)c6ccccc6N(c6ccccc6)c6ccccc65)cccc34)cc2)cc1.